The Morgan fingerprint density at radius 2 is 2.00 bits per heavy atom. The van der Waals surface area contributed by atoms with Crippen LogP contribution in [-0.4, -0.2) is 29.1 Å². The number of hydrogen-bond donors (Lipinski definition) is 1. The number of Topliss-reactive ketones (excluding diaryl/α,β-unsaturated/α-hetero) is 1. The van der Waals surface area contributed by atoms with E-state index in [1.54, 1.807) is 0 Å². The van der Waals surface area contributed by atoms with Gasteiger partial charge in [0.1, 0.15) is 12.4 Å². The molecule has 5 atom stereocenters. The van der Waals surface area contributed by atoms with Crippen molar-refractivity contribution in [2.45, 2.75) is 45.1 Å². The first-order valence-corrected chi connectivity index (χ1v) is 7.25. The standard InChI is InChI=1S/C15H20O4/c1-13(2)7-14-9-5-11(16)10(14)6-19-12(17)15(14,18)4-3-8(9)13/h8-10,18H,3-7H2,1-2H3/t8-,9-,10+,14+,15-/m0/s1. The Labute approximate surface area is 112 Å². The van der Waals surface area contributed by atoms with Gasteiger partial charge in [0.2, 0.25) is 0 Å². The molecule has 0 aromatic carbocycles. The van der Waals surface area contributed by atoms with E-state index in [0.29, 0.717) is 18.8 Å². The maximum atomic E-state index is 12.3. The van der Waals surface area contributed by atoms with Crippen LogP contribution in [0.2, 0.25) is 0 Å². The zero-order valence-corrected chi connectivity index (χ0v) is 11.4. The molecule has 104 valence electrons. The minimum absolute atomic E-state index is 0.103. The predicted molar refractivity (Wildman–Crippen MR) is 66.1 cm³/mol. The molecule has 19 heavy (non-hydrogen) atoms. The van der Waals surface area contributed by atoms with E-state index in [-0.39, 0.29) is 29.6 Å². The van der Waals surface area contributed by atoms with Crippen molar-refractivity contribution < 1.29 is 19.4 Å². The molecule has 1 heterocycles. The van der Waals surface area contributed by atoms with Gasteiger partial charge in [0, 0.05) is 11.8 Å². The Morgan fingerprint density at radius 1 is 1.26 bits per heavy atom. The van der Waals surface area contributed by atoms with Crippen LogP contribution in [0, 0.1) is 28.6 Å². The number of carbonyl (C=O) groups excluding carboxylic acids is 2. The second-order valence-corrected chi connectivity index (χ2v) is 7.64. The average Bonchev–Trinajstić information content (AvgIpc) is 2.66. The zero-order valence-electron chi connectivity index (χ0n) is 11.4. The lowest BCUT2D eigenvalue weighted by Crippen LogP contribution is -2.64. The normalized spacial score (nSPS) is 53.9. The van der Waals surface area contributed by atoms with E-state index >= 15 is 0 Å². The Bertz CT molecular complexity index is 496. The van der Waals surface area contributed by atoms with Crippen molar-refractivity contribution in [3.63, 3.8) is 0 Å². The van der Waals surface area contributed by atoms with Gasteiger partial charge < -0.3 is 9.84 Å². The molecule has 4 rings (SSSR count). The molecule has 2 bridgehead atoms. The van der Waals surface area contributed by atoms with Crippen LogP contribution < -0.4 is 0 Å². The van der Waals surface area contributed by atoms with Crippen molar-refractivity contribution in [1.82, 2.24) is 0 Å². The van der Waals surface area contributed by atoms with Crippen LogP contribution >= 0.6 is 0 Å². The molecule has 0 unspecified atom stereocenters. The minimum atomic E-state index is -1.42. The van der Waals surface area contributed by atoms with Crippen molar-refractivity contribution in [1.29, 1.82) is 0 Å². The van der Waals surface area contributed by atoms with Gasteiger partial charge in [-0.05, 0) is 36.5 Å². The summed E-state index contributed by atoms with van der Waals surface area (Å²) in [5.74, 6) is 0.0573. The molecule has 4 nitrogen and oxygen atoms in total. The molecule has 0 amide bonds. The van der Waals surface area contributed by atoms with Crippen molar-refractivity contribution >= 4 is 11.8 Å². The Kier molecular flexibility index (Phi) is 1.91. The highest BCUT2D eigenvalue weighted by Gasteiger charge is 2.78. The summed E-state index contributed by atoms with van der Waals surface area (Å²) < 4.78 is 5.15. The molecule has 4 fully saturated rings. The van der Waals surface area contributed by atoms with Gasteiger partial charge in [-0.1, -0.05) is 13.8 Å². The van der Waals surface area contributed by atoms with Crippen molar-refractivity contribution in [2.75, 3.05) is 6.61 Å². The van der Waals surface area contributed by atoms with Crippen LogP contribution in [0.25, 0.3) is 0 Å². The topological polar surface area (TPSA) is 63.6 Å². The molecule has 4 heteroatoms. The number of carbonyl (C=O) groups is 2. The van der Waals surface area contributed by atoms with Crippen LogP contribution in [0.1, 0.15) is 39.5 Å². The summed E-state index contributed by atoms with van der Waals surface area (Å²) in [6.07, 6.45) is 2.58. The smallest absolute Gasteiger partial charge is 0.338 e. The average molecular weight is 264 g/mol. The molecule has 1 spiro atoms. The minimum Gasteiger partial charge on any atom is -0.463 e. The number of ether oxygens (including phenoxy) is 1. The number of hydrogen-bond acceptors (Lipinski definition) is 4. The van der Waals surface area contributed by atoms with Crippen LogP contribution in [0.4, 0.5) is 0 Å². The van der Waals surface area contributed by atoms with Crippen LogP contribution in [0.3, 0.4) is 0 Å². The molecule has 0 aromatic heterocycles. The Balaban J connectivity index is 1.95. The van der Waals surface area contributed by atoms with E-state index in [0.717, 1.165) is 12.8 Å². The summed E-state index contributed by atoms with van der Waals surface area (Å²) in [6.45, 7) is 4.62. The largest absolute Gasteiger partial charge is 0.463 e. The van der Waals surface area contributed by atoms with Crippen LogP contribution in [0.5, 0.6) is 0 Å². The summed E-state index contributed by atoms with van der Waals surface area (Å²) in [7, 11) is 0. The highest BCUT2D eigenvalue weighted by atomic mass is 16.6. The second kappa shape index (κ2) is 3.05. The van der Waals surface area contributed by atoms with Gasteiger partial charge in [0.25, 0.3) is 0 Å². The summed E-state index contributed by atoms with van der Waals surface area (Å²) in [4.78, 5) is 24.5. The summed E-state index contributed by atoms with van der Waals surface area (Å²) in [6, 6.07) is 0. The van der Waals surface area contributed by atoms with Gasteiger partial charge >= 0.3 is 5.97 Å². The first-order valence-electron chi connectivity index (χ1n) is 7.25. The first kappa shape index (κ1) is 11.9. The molecule has 1 aliphatic heterocycles. The maximum absolute atomic E-state index is 12.3. The molecule has 1 N–H and O–H groups in total. The third-order valence-electron chi connectivity index (χ3n) is 6.64. The summed E-state index contributed by atoms with van der Waals surface area (Å²) in [5.41, 5.74) is -1.85. The number of rotatable bonds is 0. The van der Waals surface area contributed by atoms with Gasteiger partial charge in [0.05, 0.1) is 5.92 Å². The molecule has 3 aliphatic carbocycles. The van der Waals surface area contributed by atoms with E-state index < -0.39 is 17.0 Å². The van der Waals surface area contributed by atoms with E-state index in [4.69, 9.17) is 4.74 Å². The van der Waals surface area contributed by atoms with E-state index in [1.165, 1.54) is 0 Å². The van der Waals surface area contributed by atoms with Gasteiger partial charge in [-0.25, -0.2) is 4.79 Å². The SMILES string of the molecule is CC1(C)C[C@@]23[C@@H]4COC(=O)[C@@]2(O)CC[C@H]1[C@@H]3CC4=O. The Morgan fingerprint density at radius 3 is 2.74 bits per heavy atom. The first-order chi connectivity index (χ1) is 8.83. The molecule has 0 radical (unpaired) electrons. The number of ketones is 1. The fourth-order valence-electron chi connectivity index (χ4n) is 6.01. The van der Waals surface area contributed by atoms with Crippen molar-refractivity contribution in [2.24, 2.45) is 28.6 Å². The van der Waals surface area contributed by atoms with Crippen LogP contribution in [0.15, 0.2) is 0 Å². The van der Waals surface area contributed by atoms with E-state index in [9.17, 15) is 14.7 Å². The molecular formula is C15H20O4. The fourth-order valence-corrected chi connectivity index (χ4v) is 6.01. The number of esters is 1. The van der Waals surface area contributed by atoms with Gasteiger partial charge in [-0.2, -0.15) is 0 Å². The highest BCUT2D eigenvalue weighted by molar-refractivity contribution is 5.92. The fraction of sp³-hybridized carbons (Fsp3) is 0.867. The quantitative estimate of drug-likeness (QED) is 0.670. The molecule has 4 aliphatic rings. The summed E-state index contributed by atoms with van der Waals surface area (Å²) in [5, 5.41) is 11.0. The van der Waals surface area contributed by atoms with Gasteiger partial charge in [-0.15, -0.1) is 0 Å². The van der Waals surface area contributed by atoms with E-state index in [2.05, 4.69) is 13.8 Å². The third kappa shape index (κ3) is 1.04. The van der Waals surface area contributed by atoms with E-state index in [1.807, 2.05) is 0 Å². The Hall–Kier alpha value is -0.900. The number of aliphatic hydroxyl groups is 1. The lowest BCUT2D eigenvalue weighted by Gasteiger charge is -2.52. The highest BCUT2D eigenvalue weighted by Crippen LogP contribution is 2.74. The molecular weight excluding hydrogens is 244 g/mol. The van der Waals surface area contributed by atoms with Crippen molar-refractivity contribution in [3.8, 4) is 0 Å². The lowest BCUT2D eigenvalue weighted by atomic mass is 9.55. The van der Waals surface area contributed by atoms with Gasteiger partial charge in [0.15, 0.2) is 5.60 Å². The maximum Gasteiger partial charge on any atom is 0.338 e. The lowest BCUT2D eigenvalue weighted by molar-refractivity contribution is -0.221. The second-order valence-electron chi connectivity index (χ2n) is 7.64. The zero-order chi connectivity index (χ0) is 13.6. The van der Waals surface area contributed by atoms with Crippen LogP contribution in [-0.2, 0) is 14.3 Å². The van der Waals surface area contributed by atoms with Gasteiger partial charge in [-0.3, -0.25) is 4.79 Å². The molecule has 0 aromatic rings. The monoisotopic (exact) mass is 264 g/mol. The van der Waals surface area contributed by atoms with Crippen molar-refractivity contribution in [3.05, 3.63) is 0 Å². The predicted octanol–water partition coefficient (Wildman–Crippen LogP) is 1.31. The number of cyclic esters (lactones) is 1. The molecule has 3 saturated carbocycles. The molecule has 1 saturated heterocycles. The summed E-state index contributed by atoms with van der Waals surface area (Å²) >= 11 is 0. The third-order valence-corrected chi connectivity index (χ3v) is 6.64.